The summed E-state index contributed by atoms with van der Waals surface area (Å²) in [5.74, 6) is -0.952. The molecule has 3 aromatic rings. The molecule has 12 heteroatoms. The van der Waals surface area contributed by atoms with Crippen LogP contribution in [0.3, 0.4) is 0 Å². The Morgan fingerprint density at radius 3 is 2.75 bits per heavy atom. The molecule has 1 aliphatic rings. The van der Waals surface area contributed by atoms with E-state index in [0.717, 1.165) is 17.1 Å². The SMILES string of the molecule is Cl.O=C(Cc1ccc([C@H]2CNCCO2)c(F)c1)c1cnn(-c2cc(C(F)(F)F)ncn2)c1. The molecule has 1 N–H and O–H groups in total. The predicted octanol–water partition coefficient (Wildman–Crippen LogP) is 3.33. The maximum atomic E-state index is 14.5. The molecule has 32 heavy (non-hydrogen) atoms. The van der Waals surface area contributed by atoms with Crippen LogP contribution in [0, 0.1) is 5.82 Å². The Morgan fingerprint density at radius 1 is 1.25 bits per heavy atom. The lowest BCUT2D eigenvalue weighted by Gasteiger charge is -2.24. The molecule has 0 spiro atoms. The number of Topliss-reactive ketones (excluding diaryl/α,β-unsaturated/α-hetero) is 1. The standard InChI is InChI=1S/C20H17F4N5O2.ClH/c21-15-5-12(1-2-14(15)17-9-25-3-4-31-17)6-16(30)13-8-28-29(10-13)19-7-18(20(22,23)24)26-11-27-19;/h1-2,5,7-8,10-11,17,25H,3-4,6,9H2;1H/t17-;/m1./s1. The number of hydrogen-bond acceptors (Lipinski definition) is 6. The van der Waals surface area contributed by atoms with Crippen LogP contribution in [0.1, 0.15) is 33.3 Å². The average molecular weight is 472 g/mol. The molecule has 0 amide bonds. The molecule has 0 bridgehead atoms. The number of aromatic nitrogens is 4. The number of alkyl halides is 3. The number of halogens is 5. The van der Waals surface area contributed by atoms with E-state index < -0.39 is 17.7 Å². The van der Waals surface area contributed by atoms with Crippen LogP contribution in [0.2, 0.25) is 0 Å². The van der Waals surface area contributed by atoms with Crippen LogP contribution in [0.15, 0.2) is 43.0 Å². The fraction of sp³-hybridized carbons (Fsp3) is 0.300. The van der Waals surface area contributed by atoms with Gasteiger partial charge in [-0.25, -0.2) is 19.0 Å². The van der Waals surface area contributed by atoms with Gasteiger partial charge in [-0.15, -0.1) is 12.4 Å². The van der Waals surface area contributed by atoms with Crippen molar-refractivity contribution >= 4 is 18.2 Å². The highest BCUT2D eigenvalue weighted by molar-refractivity contribution is 5.97. The quantitative estimate of drug-likeness (QED) is 0.454. The Bertz CT molecular complexity index is 1100. The molecule has 1 saturated heterocycles. The number of carbonyl (C=O) groups excluding carboxylic acids is 1. The number of rotatable bonds is 5. The van der Waals surface area contributed by atoms with Gasteiger partial charge in [-0.2, -0.15) is 18.3 Å². The second-order valence-corrected chi connectivity index (χ2v) is 6.95. The largest absolute Gasteiger partial charge is 0.433 e. The highest BCUT2D eigenvalue weighted by atomic mass is 35.5. The number of hydrogen-bond donors (Lipinski definition) is 1. The maximum absolute atomic E-state index is 14.5. The van der Waals surface area contributed by atoms with Crippen LogP contribution in [0.5, 0.6) is 0 Å². The third-order valence-corrected chi connectivity index (χ3v) is 4.79. The minimum atomic E-state index is -4.63. The van der Waals surface area contributed by atoms with Gasteiger partial charge >= 0.3 is 6.18 Å². The number of ketones is 1. The number of carbonyl (C=O) groups is 1. The van der Waals surface area contributed by atoms with Gasteiger partial charge in [0.15, 0.2) is 11.6 Å². The van der Waals surface area contributed by atoms with Crippen LogP contribution in [-0.2, 0) is 17.3 Å². The van der Waals surface area contributed by atoms with Crippen molar-refractivity contribution in [1.29, 1.82) is 0 Å². The molecule has 4 rings (SSSR count). The molecular weight excluding hydrogens is 454 g/mol. The van der Waals surface area contributed by atoms with Crippen LogP contribution in [0.4, 0.5) is 17.6 Å². The van der Waals surface area contributed by atoms with Gasteiger partial charge in [0.2, 0.25) is 0 Å². The Labute approximate surface area is 186 Å². The van der Waals surface area contributed by atoms with Gasteiger partial charge in [0.1, 0.15) is 17.8 Å². The summed E-state index contributed by atoms with van der Waals surface area (Å²) in [6, 6.07) is 5.27. The van der Waals surface area contributed by atoms with Crippen molar-refractivity contribution in [2.45, 2.75) is 18.7 Å². The molecule has 2 aromatic heterocycles. The average Bonchev–Trinajstić information content (AvgIpc) is 3.25. The summed E-state index contributed by atoms with van der Waals surface area (Å²) in [5.41, 5.74) is -0.0744. The number of nitrogens with one attached hydrogen (secondary N) is 1. The zero-order valence-electron chi connectivity index (χ0n) is 16.5. The summed E-state index contributed by atoms with van der Waals surface area (Å²) in [5, 5.41) is 7.04. The zero-order valence-corrected chi connectivity index (χ0v) is 17.3. The second kappa shape index (κ2) is 9.72. The predicted molar refractivity (Wildman–Crippen MR) is 107 cm³/mol. The number of nitrogens with zero attached hydrogens (tertiary/aromatic N) is 4. The summed E-state index contributed by atoms with van der Waals surface area (Å²) in [6.07, 6.45) is -1.83. The normalized spacial score (nSPS) is 16.4. The zero-order chi connectivity index (χ0) is 22.0. The van der Waals surface area contributed by atoms with E-state index in [1.54, 1.807) is 12.1 Å². The van der Waals surface area contributed by atoms with Gasteiger partial charge in [0.05, 0.1) is 24.5 Å². The highest BCUT2D eigenvalue weighted by Gasteiger charge is 2.33. The van der Waals surface area contributed by atoms with E-state index in [0.29, 0.717) is 30.8 Å². The topological polar surface area (TPSA) is 81.9 Å². The summed E-state index contributed by atoms with van der Waals surface area (Å²) >= 11 is 0. The van der Waals surface area contributed by atoms with Crippen molar-refractivity contribution < 1.29 is 27.1 Å². The van der Waals surface area contributed by atoms with E-state index >= 15 is 0 Å². The minimum Gasteiger partial charge on any atom is -0.371 e. The van der Waals surface area contributed by atoms with Crippen molar-refractivity contribution in [1.82, 2.24) is 25.1 Å². The highest BCUT2D eigenvalue weighted by Crippen LogP contribution is 2.28. The molecule has 1 fully saturated rings. The first kappa shape index (κ1) is 23.8. The molecule has 170 valence electrons. The molecular formula is C20H18ClF4N5O2. The first-order valence-electron chi connectivity index (χ1n) is 9.39. The molecule has 0 radical (unpaired) electrons. The molecule has 0 saturated carbocycles. The van der Waals surface area contributed by atoms with Crippen LogP contribution in [0.25, 0.3) is 5.82 Å². The van der Waals surface area contributed by atoms with Crippen LogP contribution < -0.4 is 5.32 Å². The first-order chi connectivity index (χ1) is 14.8. The van der Waals surface area contributed by atoms with Crippen molar-refractivity contribution in [2.75, 3.05) is 19.7 Å². The smallest absolute Gasteiger partial charge is 0.371 e. The molecule has 1 aliphatic heterocycles. The van der Waals surface area contributed by atoms with Gasteiger partial charge in [-0.3, -0.25) is 4.79 Å². The molecule has 7 nitrogen and oxygen atoms in total. The molecule has 0 unspecified atom stereocenters. The van der Waals surface area contributed by atoms with Crippen molar-refractivity contribution in [2.24, 2.45) is 0 Å². The third kappa shape index (κ3) is 5.29. The van der Waals surface area contributed by atoms with Gasteiger partial charge in [-0.05, 0) is 11.6 Å². The van der Waals surface area contributed by atoms with E-state index in [4.69, 9.17) is 4.74 Å². The Hall–Kier alpha value is -2.89. The molecule has 3 heterocycles. The Balaban J connectivity index is 0.00000289. The Kier molecular flexibility index (Phi) is 7.22. The lowest BCUT2D eigenvalue weighted by atomic mass is 10.0. The lowest BCUT2D eigenvalue weighted by molar-refractivity contribution is -0.141. The monoisotopic (exact) mass is 471 g/mol. The van der Waals surface area contributed by atoms with E-state index in [2.05, 4.69) is 20.4 Å². The summed E-state index contributed by atoms with van der Waals surface area (Å²) in [6.45, 7) is 1.71. The van der Waals surface area contributed by atoms with Crippen molar-refractivity contribution in [3.63, 3.8) is 0 Å². The molecule has 1 aromatic carbocycles. The first-order valence-corrected chi connectivity index (χ1v) is 9.39. The maximum Gasteiger partial charge on any atom is 0.433 e. The summed E-state index contributed by atoms with van der Waals surface area (Å²) < 4.78 is 59.6. The lowest BCUT2D eigenvalue weighted by Crippen LogP contribution is -2.33. The van der Waals surface area contributed by atoms with Crippen molar-refractivity contribution in [3.8, 4) is 5.82 Å². The fourth-order valence-electron chi connectivity index (χ4n) is 3.21. The number of benzene rings is 1. The number of morpholine rings is 1. The van der Waals surface area contributed by atoms with Crippen LogP contribution >= 0.6 is 12.4 Å². The number of ether oxygens (including phenoxy) is 1. The molecule has 0 aliphatic carbocycles. The van der Waals surface area contributed by atoms with E-state index in [9.17, 15) is 22.4 Å². The van der Waals surface area contributed by atoms with Crippen LogP contribution in [-0.4, -0.2) is 45.2 Å². The van der Waals surface area contributed by atoms with Crippen molar-refractivity contribution in [3.05, 3.63) is 71.2 Å². The molecule has 1 atom stereocenters. The van der Waals surface area contributed by atoms with E-state index in [-0.39, 0.29) is 42.1 Å². The second-order valence-electron chi connectivity index (χ2n) is 6.95. The van der Waals surface area contributed by atoms with Gasteiger partial charge in [-0.1, -0.05) is 12.1 Å². The third-order valence-electron chi connectivity index (χ3n) is 4.79. The van der Waals surface area contributed by atoms with Gasteiger partial charge in [0.25, 0.3) is 0 Å². The van der Waals surface area contributed by atoms with Gasteiger partial charge < -0.3 is 10.1 Å². The summed E-state index contributed by atoms with van der Waals surface area (Å²) in [7, 11) is 0. The minimum absolute atomic E-state index is 0. The van der Waals surface area contributed by atoms with Gasteiger partial charge in [0, 0.05) is 37.3 Å². The fourth-order valence-corrected chi connectivity index (χ4v) is 3.21. The van der Waals surface area contributed by atoms with E-state index in [1.165, 1.54) is 18.5 Å². The Morgan fingerprint density at radius 2 is 2.06 bits per heavy atom. The summed E-state index contributed by atoms with van der Waals surface area (Å²) in [4.78, 5) is 19.5. The van der Waals surface area contributed by atoms with E-state index in [1.807, 2.05) is 0 Å².